The summed E-state index contributed by atoms with van der Waals surface area (Å²) in [4.78, 5) is 23.5. The Balaban J connectivity index is 3.70. The Morgan fingerprint density at radius 2 is 1.21 bits per heavy atom. The van der Waals surface area contributed by atoms with Crippen LogP contribution >= 0.6 is 0 Å². The maximum atomic E-state index is 11.3. The lowest BCUT2D eigenvalue weighted by molar-refractivity contribution is -0.148. The van der Waals surface area contributed by atoms with Gasteiger partial charge in [0.2, 0.25) is 0 Å². The number of carbonyl (C=O) groups excluding carboxylic acids is 2. The summed E-state index contributed by atoms with van der Waals surface area (Å²) < 4.78 is 0. The van der Waals surface area contributed by atoms with E-state index in [4.69, 9.17) is 10.2 Å². The van der Waals surface area contributed by atoms with Crippen molar-refractivity contribution < 1.29 is 19.8 Å². The van der Waals surface area contributed by atoms with Crippen LogP contribution in [0.15, 0.2) is 0 Å². The minimum atomic E-state index is -0.692. The van der Waals surface area contributed by atoms with Crippen LogP contribution in [0.4, 0.5) is 0 Å². The second-order valence-electron chi connectivity index (χ2n) is 4.73. The number of amides is 2. The van der Waals surface area contributed by atoms with Crippen LogP contribution in [-0.2, 0) is 9.59 Å². The van der Waals surface area contributed by atoms with Gasteiger partial charge in [-0.15, -0.1) is 0 Å². The summed E-state index contributed by atoms with van der Waals surface area (Å²) in [5.74, 6) is -1.27. The number of hydrogen-bond acceptors (Lipinski definition) is 4. The van der Waals surface area contributed by atoms with Crippen LogP contribution in [0.2, 0.25) is 0 Å². The second kappa shape index (κ2) is 12.1. The lowest BCUT2D eigenvalue weighted by Crippen LogP contribution is -2.41. The standard InChI is InChI=1S/C14H27NO4/c1-2-3-4-5-6-7-8-9-10-15(13(18)11-16)14(19)12-17/h16-17H,2-12H2,1H3. The van der Waals surface area contributed by atoms with Crippen molar-refractivity contribution in [2.24, 2.45) is 0 Å². The van der Waals surface area contributed by atoms with E-state index in [1.165, 1.54) is 32.1 Å². The molecule has 0 rings (SSSR count). The summed E-state index contributed by atoms with van der Waals surface area (Å²) in [5, 5.41) is 17.5. The van der Waals surface area contributed by atoms with Crippen molar-refractivity contribution in [2.45, 2.75) is 58.3 Å². The van der Waals surface area contributed by atoms with E-state index >= 15 is 0 Å². The Labute approximate surface area is 115 Å². The van der Waals surface area contributed by atoms with E-state index in [0.29, 0.717) is 0 Å². The van der Waals surface area contributed by atoms with Gasteiger partial charge in [-0.25, -0.2) is 0 Å². The Bertz CT molecular complexity index is 240. The highest BCUT2D eigenvalue weighted by atomic mass is 16.3. The number of imide groups is 1. The van der Waals surface area contributed by atoms with Crippen molar-refractivity contribution in [2.75, 3.05) is 19.8 Å². The topological polar surface area (TPSA) is 77.8 Å². The lowest BCUT2D eigenvalue weighted by atomic mass is 10.1. The maximum Gasteiger partial charge on any atom is 0.254 e. The first-order chi connectivity index (χ1) is 9.17. The number of aliphatic hydroxyl groups is 2. The largest absolute Gasteiger partial charge is 0.387 e. The Morgan fingerprint density at radius 1 is 0.789 bits per heavy atom. The summed E-state index contributed by atoms with van der Waals surface area (Å²) in [7, 11) is 0. The van der Waals surface area contributed by atoms with Gasteiger partial charge in [0.1, 0.15) is 13.2 Å². The average Bonchev–Trinajstić information content (AvgIpc) is 2.44. The smallest absolute Gasteiger partial charge is 0.254 e. The number of unbranched alkanes of at least 4 members (excludes halogenated alkanes) is 7. The SMILES string of the molecule is CCCCCCCCCCN(C(=O)CO)C(=O)CO. The minimum Gasteiger partial charge on any atom is -0.387 e. The summed E-state index contributed by atoms with van der Waals surface area (Å²) >= 11 is 0. The molecule has 0 fully saturated rings. The van der Waals surface area contributed by atoms with Gasteiger partial charge >= 0.3 is 0 Å². The first kappa shape index (κ1) is 18.1. The molecule has 2 N–H and O–H groups in total. The van der Waals surface area contributed by atoms with Crippen molar-refractivity contribution >= 4 is 11.8 Å². The summed E-state index contributed by atoms with van der Waals surface area (Å²) in [6, 6.07) is 0. The molecule has 0 heterocycles. The molecule has 0 aromatic heterocycles. The molecule has 5 heteroatoms. The van der Waals surface area contributed by atoms with E-state index in [2.05, 4.69) is 6.92 Å². The van der Waals surface area contributed by atoms with Gasteiger partial charge in [-0.3, -0.25) is 14.5 Å². The van der Waals surface area contributed by atoms with Gasteiger partial charge in [0.05, 0.1) is 0 Å². The predicted octanol–water partition coefficient (Wildman–Crippen LogP) is 1.47. The molecule has 0 radical (unpaired) electrons. The average molecular weight is 273 g/mol. The van der Waals surface area contributed by atoms with E-state index in [1.54, 1.807) is 0 Å². The van der Waals surface area contributed by atoms with E-state index < -0.39 is 25.0 Å². The molecule has 0 atom stereocenters. The quantitative estimate of drug-likeness (QED) is 0.559. The van der Waals surface area contributed by atoms with Crippen molar-refractivity contribution in [3.8, 4) is 0 Å². The number of carbonyl (C=O) groups is 2. The van der Waals surface area contributed by atoms with E-state index in [-0.39, 0.29) is 6.54 Å². The zero-order valence-corrected chi connectivity index (χ0v) is 11.9. The molecule has 5 nitrogen and oxygen atoms in total. The molecule has 19 heavy (non-hydrogen) atoms. The molecule has 0 aliphatic carbocycles. The molecular weight excluding hydrogens is 246 g/mol. The highest BCUT2D eigenvalue weighted by Gasteiger charge is 2.18. The highest BCUT2D eigenvalue weighted by Crippen LogP contribution is 2.09. The first-order valence-electron chi connectivity index (χ1n) is 7.22. The predicted molar refractivity (Wildman–Crippen MR) is 73.5 cm³/mol. The van der Waals surface area contributed by atoms with Crippen molar-refractivity contribution in [3.63, 3.8) is 0 Å². The van der Waals surface area contributed by atoms with E-state index in [0.717, 1.165) is 24.2 Å². The molecule has 0 saturated heterocycles. The molecule has 112 valence electrons. The van der Waals surface area contributed by atoms with Crippen molar-refractivity contribution in [3.05, 3.63) is 0 Å². The van der Waals surface area contributed by atoms with Crippen LogP contribution in [0.1, 0.15) is 58.3 Å². The van der Waals surface area contributed by atoms with Crippen LogP contribution in [0.3, 0.4) is 0 Å². The zero-order chi connectivity index (χ0) is 14.5. The third-order valence-electron chi connectivity index (χ3n) is 3.11. The zero-order valence-electron chi connectivity index (χ0n) is 11.9. The van der Waals surface area contributed by atoms with Crippen LogP contribution in [0.5, 0.6) is 0 Å². The van der Waals surface area contributed by atoms with E-state index in [1.807, 2.05) is 0 Å². The van der Waals surface area contributed by atoms with Crippen molar-refractivity contribution in [1.29, 1.82) is 0 Å². The summed E-state index contributed by atoms with van der Waals surface area (Å²) in [6.45, 7) is 1.09. The highest BCUT2D eigenvalue weighted by molar-refractivity contribution is 5.96. The normalized spacial score (nSPS) is 10.5. The Morgan fingerprint density at radius 3 is 1.63 bits per heavy atom. The minimum absolute atomic E-state index is 0.285. The monoisotopic (exact) mass is 273 g/mol. The van der Waals surface area contributed by atoms with Gasteiger partial charge in [0, 0.05) is 6.54 Å². The van der Waals surface area contributed by atoms with Crippen LogP contribution < -0.4 is 0 Å². The molecular formula is C14H27NO4. The Hall–Kier alpha value is -0.940. The maximum absolute atomic E-state index is 11.3. The van der Waals surface area contributed by atoms with Crippen LogP contribution in [-0.4, -0.2) is 46.7 Å². The molecule has 0 bridgehead atoms. The molecule has 0 aromatic carbocycles. The van der Waals surface area contributed by atoms with Gasteiger partial charge in [-0.1, -0.05) is 51.9 Å². The third kappa shape index (κ3) is 8.72. The molecule has 0 aliphatic heterocycles. The van der Waals surface area contributed by atoms with Crippen LogP contribution in [0.25, 0.3) is 0 Å². The molecule has 2 amide bonds. The molecule has 0 unspecified atom stereocenters. The first-order valence-corrected chi connectivity index (χ1v) is 7.22. The fourth-order valence-corrected chi connectivity index (χ4v) is 1.96. The van der Waals surface area contributed by atoms with Gasteiger partial charge < -0.3 is 10.2 Å². The fourth-order valence-electron chi connectivity index (χ4n) is 1.96. The van der Waals surface area contributed by atoms with Gasteiger partial charge in [0.25, 0.3) is 11.8 Å². The fraction of sp³-hybridized carbons (Fsp3) is 0.857. The van der Waals surface area contributed by atoms with Gasteiger partial charge in [-0.2, -0.15) is 0 Å². The Kier molecular flexibility index (Phi) is 11.5. The molecule has 0 aliphatic rings. The number of hydrogen-bond donors (Lipinski definition) is 2. The third-order valence-corrected chi connectivity index (χ3v) is 3.11. The molecule has 0 spiro atoms. The van der Waals surface area contributed by atoms with Gasteiger partial charge in [0.15, 0.2) is 0 Å². The summed E-state index contributed by atoms with van der Waals surface area (Å²) in [6.07, 6.45) is 8.99. The number of nitrogens with zero attached hydrogens (tertiary/aromatic N) is 1. The lowest BCUT2D eigenvalue weighted by Gasteiger charge is -2.18. The van der Waals surface area contributed by atoms with E-state index in [9.17, 15) is 9.59 Å². The second-order valence-corrected chi connectivity index (χ2v) is 4.73. The van der Waals surface area contributed by atoms with Crippen molar-refractivity contribution in [1.82, 2.24) is 4.90 Å². The number of aliphatic hydroxyl groups excluding tert-OH is 2. The number of rotatable bonds is 11. The molecule has 0 aromatic rings. The summed E-state index contributed by atoms with van der Waals surface area (Å²) in [5.41, 5.74) is 0. The molecule has 0 saturated carbocycles. The van der Waals surface area contributed by atoms with Gasteiger partial charge in [-0.05, 0) is 6.42 Å². The van der Waals surface area contributed by atoms with Crippen LogP contribution in [0, 0.1) is 0 Å².